The third kappa shape index (κ3) is 8.72. The molecule has 96 valence electrons. The molecule has 0 rings (SSSR count). The molecule has 2 N–H and O–H groups in total. The highest BCUT2D eigenvalue weighted by Gasteiger charge is 2.30. The fourth-order valence-corrected chi connectivity index (χ4v) is 2.06. The number of hydrogen-bond acceptors (Lipinski definition) is 3. The lowest BCUT2D eigenvalue weighted by molar-refractivity contribution is -0.157. The maximum atomic E-state index is 11.7. The van der Waals surface area contributed by atoms with Gasteiger partial charge in [0.1, 0.15) is 5.60 Å². The molecule has 0 atom stereocenters. The van der Waals surface area contributed by atoms with Gasteiger partial charge in [0, 0.05) is 5.54 Å². The van der Waals surface area contributed by atoms with E-state index in [0.717, 1.165) is 6.42 Å². The SMILES string of the molecule is CC(C)(N)CC(C)(C)CC(=O)OC(C)(C)C. The van der Waals surface area contributed by atoms with E-state index in [-0.39, 0.29) is 16.9 Å². The van der Waals surface area contributed by atoms with E-state index in [1.807, 2.05) is 48.5 Å². The molecule has 0 amide bonds. The van der Waals surface area contributed by atoms with E-state index in [0.29, 0.717) is 6.42 Å². The van der Waals surface area contributed by atoms with Gasteiger partial charge in [0.05, 0.1) is 6.42 Å². The number of carbonyl (C=O) groups is 1. The molecule has 0 fully saturated rings. The van der Waals surface area contributed by atoms with Gasteiger partial charge in [-0.05, 0) is 46.5 Å². The first-order valence-electron chi connectivity index (χ1n) is 5.82. The highest BCUT2D eigenvalue weighted by atomic mass is 16.6. The van der Waals surface area contributed by atoms with Crippen LogP contribution in [0.1, 0.15) is 61.3 Å². The Morgan fingerprint density at radius 1 is 1.06 bits per heavy atom. The van der Waals surface area contributed by atoms with Crippen molar-refractivity contribution in [1.82, 2.24) is 0 Å². The highest BCUT2D eigenvalue weighted by molar-refractivity contribution is 5.70. The Hall–Kier alpha value is -0.570. The molecule has 0 aromatic rings. The summed E-state index contributed by atoms with van der Waals surface area (Å²) in [5.74, 6) is -0.151. The second-order valence-corrected chi connectivity index (χ2v) is 7.09. The molecule has 0 aliphatic rings. The van der Waals surface area contributed by atoms with E-state index in [1.165, 1.54) is 0 Å². The fraction of sp³-hybridized carbons (Fsp3) is 0.923. The van der Waals surface area contributed by atoms with Gasteiger partial charge in [-0.3, -0.25) is 4.79 Å². The second kappa shape index (κ2) is 4.74. The van der Waals surface area contributed by atoms with Gasteiger partial charge in [-0.2, -0.15) is 0 Å². The summed E-state index contributed by atoms with van der Waals surface area (Å²) in [5, 5.41) is 0. The summed E-state index contributed by atoms with van der Waals surface area (Å²) in [6.07, 6.45) is 1.20. The Balaban J connectivity index is 4.32. The van der Waals surface area contributed by atoms with Gasteiger partial charge in [-0.1, -0.05) is 13.8 Å². The molecule has 0 aromatic carbocycles. The van der Waals surface area contributed by atoms with Crippen molar-refractivity contribution in [3.63, 3.8) is 0 Å². The Kier molecular flexibility index (Phi) is 4.57. The van der Waals surface area contributed by atoms with Crippen LogP contribution in [0.3, 0.4) is 0 Å². The van der Waals surface area contributed by atoms with Crippen molar-refractivity contribution in [2.24, 2.45) is 11.1 Å². The summed E-state index contributed by atoms with van der Waals surface area (Å²) < 4.78 is 5.31. The van der Waals surface area contributed by atoms with Crippen LogP contribution in [0.25, 0.3) is 0 Å². The highest BCUT2D eigenvalue weighted by Crippen LogP contribution is 2.31. The Morgan fingerprint density at radius 3 is 1.81 bits per heavy atom. The van der Waals surface area contributed by atoms with Crippen LogP contribution >= 0.6 is 0 Å². The van der Waals surface area contributed by atoms with Gasteiger partial charge < -0.3 is 10.5 Å². The van der Waals surface area contributed by atoms with Gasteiger partial charge in [0.15, 0.2) is 0 Å². The molecule has 0 bridgehead atoms. The first-order chi connectivity index (χ1) is 6.81. The van der Waals surface area contributed by atoms with E-state index >= 15 is 0 Å². The minimum absolute atomic E-state index is 0.124. The molecule has 0 spiro atoms. The van der Waals surface area contributed by atoms with Crippen molar-refractivity contribution in [2.45, 2.75) is 72.4 Å². The molecule has 0 radical (unpaired) electrons. The van der Waals surface area contributed by atoms with Crippen molar-refractivity contribution >= 4 is 5.97 Å². The molecule has 0 aliphatic carbocycles. The fourth-order valence-electron chi connectivity index (χ4n) is 2.06. The molecule has 3 heteroatoms. The van der Waals surface area contributed by atoms with E-state index in [2.05, 4.69) is 0 Å². The lowest BCUT2D eigenvalue weighted by Gasteiger charge is -2.32. The lowest BCUT2D eigenvalue weighted by Crippen LogP contribution is -2.38. The van der Waals surface area contributed by atoms with Gasteiger partial charge >= 0.3 is 5.97 Å². The molecular formula is C13H27NO2. The number of esters is 1. The number of carbonyl (C=O) groups excluding carboxylic acids is 1. The summed E-state index contributed by atoms with van der Waals surface area (Å²) in [5.41, 5.74) is 5.18. The van der Waals surface area contributed by atoms with Crippen LogP contribution in [0.5, 0.6) is 0 Å². The van der Waals surface area contributed by atoms with Crippen LogP contribution in [0.4, 0.5) is 0 Å². The summed E-state index contributed by atoms with van der Waals surface area (Å²) in [6, 6.07) is 0. The molecule has 0 aromatic heterocycles. The quantitative estimate of drug-likeness (QED) is 0.754. The monoisotopic (exact) mass is 229 g/mol. The van der Waals surface area contributed by atoms with Gasteiger partial charge in [0.2, 0.25) is 0 Å². The zero-order valence-corrected chi connectivity index (χ0v) is 11.8. The van der Waals surface area contributed by atoms with Crippen LogP contribution in [0, 0.1) is 5.41 Å². The van der Waals surface area contributed by atoms with Gasteiger partial charge in [-0.25, -0.2) is 0 Å². The van der Waals surface area contributed by atoms with Crippen molar-refractivity contribution in [3.8, 4) is 0 Å². The van der Waals surface area contributed by atoms with Crippen LogP contribution in [0.15, 0.2) is 0 Å². The first-order valence-corrected chi connectivity index (χ1v) is 5.82. The van der Waals surface area contributed by atoms with Crippen molar-refractivity contribution in [2.75, 3.05) is 0 Å². The van der Waals surface area contributed by atoms with Crippen LogP contribution in [-0.4, -0.2) is 17.1 Å². The topological polar surface area (TPSA) is 52.3 Å². The van der Waals surface area contributed by atoms with E-state index < -0.39 is 5.60 Å². The van der Waals surface area contributed by atoms with E-state index in [1.54, 1.807) is 0 Å². The third-order valence-electron chi connectivity index (χ3n) is 1.98. The molecule has 0 aliphatic heterocycles. The Bertz CT molecular complexity index is 244. The predicted molar refractivity (Wildman–Crippen MR) is 67.1 cm³/mol. The number of hydrogen-bond donors (Lipinski definition) is 1. The minimum Gasteiger partial charge on any atom is -0.460 e. The molecular weight excluding hydrogens is 202 g/mol. The maximum absolute atomic E-state index is 11.7. The zero-order valence-electron chi connectivity index (χ0n) is 11.8. The number of ether oxygens (including phenoxy) is 1. The maximum Gasteiger partial charge on any atom is 0.306 e. The first kappa shape index (κ1) is 15.4. The van der Waals surface area contributed by atoms with Crippen LogP contribution in [-0.2, 0) is 9.53 Å². The Morgan fingerprint density at radius 2 is 1.50 bits per heavy atom. The van der Waals surface area contributed by atoms with E-state index in [4.69, 9.17) is 10.5 Å². The summed E-state index contributed by atoms with van der Waals surface area (Å²) in [6.45, 7) is 13.7. The standard InChI is InChI=1S/C13H27NO2/c1-11(2,3)16-10(15)8-12(4,5)9-13(6,7)14/h8-9,14H2,1-7H3. The van der Waals surface area contributed by atoms with Crippen molar-refractivity contribution in [1.29, 1.82) is 0 Å². The lowest BCUT2D eigenvalue weighted by atomic mass is 9.78. The average Bonchev–Trinajstić information content (AvgIpc) is 1.70. The molecule has 3 nitrogen and oxygen atoms in total. The largest absolute Gasteiger partial charge is 0.460 e. The Labute approximate surface area is 99.7 Å². The molecule has 0 unspecified atom stereocenters. The minimum atomic E-state index is -0.411. The number of nitrogens with two attached hydrogens (primary N) is 1. The normalized spacial score (nSPS) is 13.8. The predicted octanol–water partition coefficient (Wildman–Crippen LogP) is 2.87. The summed E-state index contributed by atoms with van der Waals surface area (Å²) in [7, 11) is 0. The summed E-state index contributed by atoms with van der Waals surface area (Å²) in [4.78, 5) is 11.7. The number of rotatable bonds is 4. The van der Waals surface area contributed by atoms with Gasteiger partial charge in [0.25, 0.3) is 0 Å². The molecule has 0 saturated heterocycles. The second-order valence-electron chi connectivity index (χ2n) is 7.09. The average molecular weight is 229 g/mol. The molecule has 0 saturated carbocycles. The zero-order chi connectivity index (χ0) is 13.2. The van der Waals surface area contributed by atoms with Crippen molar-refractivity contribution < 1.29 is 9.53 Å². The van der Waals surface area contributed by atoms with Crippen LogP contribution in [0.2, 0.25) is 0 Å². The van der Waals surface area contributed by atoms with Crippen LogP contribution < -0.4 is 5.73 Å². The van der Waals surface area contributed by atoms with Gasteiger partial charge in [-0.15, -0.1) is 0 Å². The smallest absolute Gasteiger partial charge is 0.306 e. The van der Waals surface area contributed by atoms with Crippen molar-refractivity contribution in [3.05, 3.63) is 0 Å². The summed E-state index contributed by atoms with van der Waals surface area (Å²) >= 11 is 0. The third-order valence-corrected chi connectivity index (χ3v) is 1.98. The molecule has 16 heavy (non-hydrogen) atoms. The molecule has 0 heterocycles. The van der Waals surface area contributed by atoms with E-state index in [9.17, 15) is 4.79 Å².